The van der Waals surface area contributed by atoms with Gasteiger partial charge in [0.25, 0.3) is 0 Å². The minimum atomic E-state index is -0.429. The predicted molar refractivity (Wildman–Crippen MR) is 260 cm³/mol. The van der Waals surface area contributed by atoms with Gasteiger partial charge in [-0.2, -0.15) is 0 Å². The Morgan fingerprint density at radius 3 is 1.00 bits per heavy atom. The Morgan fingerprint density at radius 2 is 0.571 bits per heavy atom. The molecule has 2 aliphatic heterocycles. The summed E-state index contributed by atoms with van der Waals surface area (Å²) in [7, 11) is 0. The normalized spacial score (nSPS) is 15.2. The van der Waals surface area contributed by atoms with Crippen LogP contribution in [0.4, 0.5) is 0 Å². The standard InChI is InChI=1S/C62H35B/c1-2-16-36(17-3-1)37-34-44-42-22-12-28-50-56(42)58-52(61(50)46-24-8-4-18-38(46)39-19-5-9-25-47(39)61)30-14-32-54(58)63-55-33-15-31-53-59(55)57-43(45(35-37)60(44)63)23-13-29-51(57)62(53)48-26-10-6-20-40(48)41-21-7-11-27-49(41)62/h1-35H. The number of hydrogen-bond acceptors (Lipinski definition) is 0. The van der Waals surface area contributed by atoms with Crippen molar-refractivity contribution in [1.82, 2.24) is 0 Å². The Bertz CT molecular complexity index is 3440. The van der Waals surface area contributed by atoms with Gasteiger partial charge in [-0.1, -0.05) is 217 Å². The molecule has 0 amide bonds. The van der Waals surface area contributed by atoms with E-state index < -0.39 is 10.8 Å². The zero-order chi connectivity index (χ0) is 40.8. The minimum absolute atomic E-state index is 0.0192. The number of benzene rings is 10. The van der Waals surface area contributed by atoms with Crippen molar-refractivity contribution in [1.29, 1.82) is 0 Å². The summed E-state index contributed by atoms with van der Waals surface area (Å²) < 4.78 is 0. The third-order valence-electron chi connectivity index (χ3n) is 16.1. The largest absolute Gasteiger partial charge is 0.244 e. The van der Waals surface area contributed by atoms with Crippen molar-refractivity contribution in [3.05, 3.63) is 257 Å². The van der Waals surface area contributed by atoms with Crippen LogP contribution in [0, 0.1) is 0 Å². The fourth-order valence-electron chi connectivity index (χ4n) is 14.1. The lowest BCUT2D eigenvalue weighted by atomic mass is 9.34. The topological polar surface area (TPSA) is 0 Å². The second kappa shape index (κ2) is 11.2. The number of fused-ring (bicyclic) bond motifs is 18. The third kappa shape index (κ3) is 3.55. The van der Waals surface area contributed by atoms with Crippen LogP contribution in [0.5, 0.6) is 0 Å². The maximum Gasteiger partial charge on any atom is 0.244 e. The molecule has 0 saturated heterocycles. The zero-order valence-electron chi connectivity index (χ0n) is 34.3. The first-order chi connectivity index (χ1) is 31.3. The summed E-state index contributed by atoms with van der Waals surface area (Å²) in [6.45, 7) is -0.0192. The molecule has 6 aliphatic rings. The first kappa shape index (κ1) is 33.0. The summed E-state index contributed by atoms with van der Waals surface area (Å²) in [5, 5.41) is 0. The average molecular weight is 791 g/mol. The number of hydrogen-bond donors (Lipinski definition) is 0. The molecule has 0 nitrogen and oxygen atoms in total. The van der Waals surface area contributed by atoms with Crippen LogP contribution in [-0.2, 0) is 10.8 Å². The summed E-state index contributed by atoms with van der Waals surface area (Å²) >= 11 is 0. The summed E-state index contributed by atoms with van der Waals surface area (Å²) in [5.74, 6) is 0. The minimum Gasteiger partial charge on any atom is -0.0663 e. The van der Waals surface area contributed by atoms with Crippen molar-refractivity contribution in [2.75, 3.05) is 0 Å². The molecule has 0 atom stereocenters. The van der Waals surface area contributed by atoms with Gasteiger partial charge in [-0.15, -0.1) is 0 Å². The van der Waals surface area contributed by atoms with Gasteiger partial charge in [-0.25, -0.2) is 0 Å². The molecule has 0 N–H and O–H groups in total. The van der Waals surface area contributed by atoms with Gasteiger partial charge in [-0.05, 0) is 135 Å². The van der Waals surface area contributed by atoms with Gasteiger partial charge in [0.15, 0.2) is 0 Å². The Balaban J connectivity index is 1.11. The first-order valence-electron chi connectivity index (χ1n) is 22.5. The first-order valence-corrected chi connectivity index (χ1v) is 22.5. The van der Waals surface area contributed by atoms with Crippen molar-refractivity contribution in [2.45, 2.75) is 10.8 Å². The summed E-state index contributed by atoms with van der Waals surface area (Å²) in [6, 6.07) is 82.2. The monoisotopic (exact) mass is 790 g/mol. The molecule has 0 radical (unpaired) electrons. The predicted octanol–water partition coefficient (Wildman–Crippen LogP) is 12.5. The molecule has 2 heterocycles. The highest BCUT2D eigenvalue weighted by Gasteiger charge is 2.57. The van der Waals surface area contributed by atoms with Crippen molar-refractivity contribution in [3.8, 4) is 77.9 Å². The third-order valence-corrected chi connectivity index (χ3v) is 16.1. The van der Waals surface area contributed by atoms with Crippen molar-refractivity contribution in [2.24, 2.45) is 0 Å². The fraction of sp³-hybridized carbons (Fsp3) is 0.0323. The van der Waals surface area contributed by atoms with Crippen LogP contribution in [0.2, 0.25) is 0 Å². The molecule has 2 spiro atoms. The fourth-order valence-corrected chi connectivity index (χ4v) is 14.1. The molecule has 286 valence electrons. The van der Waals surface area contributed by atoms with E-state index in [2.05, 4.69) is 212 Å². The maximum atomic E-state index is 2.54. The quantitative estimate of drug-likeness (QED) is 0.145. The highest BCUT2D eigenvalue weighted by Crippen LogP contribution is 2.66. The second-order valence-electron chi connectivity index (χ2n) is 18.5. The van der Waals surface area contributed by atoms with Gasteiger partial charge in [0.05, 0.1) is 10.8 Å². The molecule has 0 fully saturated rings. The summed E-state index contributed by atoms with van der Waals surface area (Å²) in [5.41, 5.74) is 33.4. The van der Waals surface area contributed by atoms with Gasteiger partial charge in [0.2, 0.25) is 6.71 Å². The van der Waals surface area contributed by atoms with Crippen molar-refractivity contribution in [3.63, 3.8) is 0 Å². The van der Waals surface area contributed by atoms with Crippen LogP contribution in [0.15, 0.2) is 212 Å². The van der Waals surface area contributed by atoms with Gasteiger partial charge in [0, 0.05) is 0 Å². The summed E-state index contributed by atoms with van der Waals surface area (Å²) in [6.07, 6.45) is 0. The molecule has 10 aromatic carbocycles. The molecule has 0 saturated carbocycles. The van der Waals surface area contributed by atoms with E-state index in [4.69, 9.17) is 0 Å². The van der Waals surface area contributed by atoms with E-state index in [0.717, 1.165) is 0 Å². The van der Waals surface area contributed by atoms with E-state index in [1.54, 1.807) is 0 Å². The van der Waals surface area contributed by atoms with Crippen LogP contribution in [0.25, 0.3) is 77.9 Å². The van der Waals surface area contributed by atoms with Crippen LogP contribution < -0.4 is 16.4 Å². The van der Waals surface area contributed by atoms with E-state index in [-0.39, 0.29) is 6.71 Å². The SMILES string of the molecule is c1ccc(-c2cc3c4c(c2)-c2cccc5c2-c2c(cccc2C52c5ccccc5-c5ccccc52)B4c2cccc4c2-c2c-3cccc2C42c3ccccc3-c3ccccc32)cc1. The molecule has 1 heteroatoms. The Morgan fingerprint density at radius 1 is 0.238 bits per heavy atom. The molecule has 63 heavy (non-hydrogen) atoms. The highest BCUT2D eigenvalue weighted by molar-refractivity contribution is 6.99. The van der Waals surface area contributed by atoms with E-state index in [0.29, 0.717) is 0 Å². The van der Waals surface area contributed by atoms with Gasteiger partial charge in [-0.3, -0.25) is 0 Å². The Labute approximate surface area is 366 Å². The maximum absolute atomic E-state index is 2.54. The van der Waals surface area contributed by atoms with Crippen LogP contribution in [0.3, 0.4) is 0 Å². The van der Waals surface area contributed by atoms with Gasteiger partial charge in [0.1, 0.15) is 0 Å². The summed E-state index contributed by atoms with van der Waals surface area (Å²) in [4.78, 5) is 0. The second-order valence-corrected chi connectivity index (χ2v) is 18.5. The zero-order valence-corrected chi connectivity index (χ0v) is 34.3. The molecule has 0 unspecified atom stereocenters. The Hall–Kier alpha value is -7.74. The van der Waals surface area contributed by atoms with Crippen LogP contribution >= 0.6 is 0 Å². The lowest BCUT2D eigenvalue weighted by molar-refractivity contribution is 0.794. The van der Waals surface area contributed by atoms with E-state index in [9.17, 15) is 0 Å². The van der Waals surface area contributed by atoms with Gasteiger partial charge >= 0.3 is 0 Å². The molecule has 16 rings (SSSR count). The van der Waals surface area contributed by atoms with Crippen molar-refractivity contribution >= 4 is 23.1 Å². The van der Waals surface area contributed by atoms with Crippen LogP contribution in [-0.4, -0.2) is 6.71 Å². The Kier molecular flexibility index (Phi) is 5.86. The molecule has 0 aromatic heterocycles. The van der Waals surface area contributed by atoms with E-state index in [1.165, 1.54) is 139 Å². The van der Waals surface area contributed by atoms with Crippen molar-refractivity contribution < 1.29 is 0 Å². The smallest absolute Gasteiger partial charge is 0.0663 e. The van der Waals surface area contributed by atoms with E-state index in [1.807, 2.05) is 0 Å². The highest BCUT2D eigenvalue weighted by atomic mass is 14.6. The lowest BCUT2D eigenvalue weighted by Crippen LogP contribution is -2.54. The van der Waals surface area contributed by atoms with E-state index >= 15 is 0 Å². The molecular weight excluding hydrogens is 755 g/mol. The average Bonchev–Trinajstić information content (AvgIpc) is 3.98. The van der Waals surface area contributed by atoms with Crippen LogP contribution in [0.1, 0.15) is 44.5 Å². The molecule has 10 aromatic rings. The molecular formula is C62H35B. The van der Waals surface area contributed by atoms with Gasteiger partial charge < -0.3 is 0 Å². The molecule has 0 bridgehead atoms. The number of rotatable bonds is 1. The molecule has 4 aliphatic carbocycles. The lowest BCUT2D eigenvalue weighted by Gasteiger charge is -2.32.